The van der Waals surface area contributed by atoms with Gasteiger partial charge in [0, 0.05) is 37.0 Å². The van der Waals surface area contributed by atoms with Crippen LogP contribution in [0, 0.1) is 10.1 Å². The number of fused-ring (bicyclic) bond motifs is 1. The number of nitrogens with one attached hydrogen (secondary N) is 1. The van der Waals surface area contributed by atoms with E-state index >= 15 is 0 Å². The molecule has 1 atom stereocenters. The maximum absolute atomic E-state index is 12.9. The van der Waals surface area contributed by atoms with Crippen LogP contribution in [-0.4, -0.2) is 43.9 Å². The quantitative estimate of drug-likeness (QED) is 0.357. The third-order valence-corrected chi connectivity index (χ3v) is 6.09. The molecule has 10 heteroatoms. The second kappa shape index (κ2) is 9.98. The Morgan fingerprint density at radius 3 is 2.60 bits per heavy atom. The van der Waals surface area contributed by atoms with E-state index in [1.165, 1.54) is 34.5 Å². The molecule has 3 aromatic rings. The zero-order valence-electron chi connectivity index (χ0n) is 19.5. The monoisotopic (exact) mass is 477 g/mol. The first-order valence-corrected chi connectivity index (χ1v) is 11.3. The Bertz CT molecular complexity index is 1340. The Morgan fingerprint density at radius 2 is 1.91 bits per heavy atom. The molecule has 0 saturated carbocycles. The van der Waals surface area contributed by atoms with Gasteiger partial charge in [0.1, 0.15) is 11.9 Å². The molecule has 0 bridgehead atoms. The fourth-order valence-corrected chi connectivity index (χ4v) is 4.53. The van der Waals surface area contributed by atoms with Crippen LogP contribution in [0.3, 0.4) is 0 Å². The van der Waals surface area contributed by atoms with Gasteiger partial charge in [-0.05, 0) is 38.1 Å². The number of hydrogen-bond acceptors (Lipinski definition) is 6. The average molecular weight is 478 g/mol. The molecule has 0 amide bonds. The highest BCUT2D eigenvalue weighted by Crippen LogP contribution is 2.36. The molecule has 2 N–H and O–H groups in total. The number of aromatic nitrogens is 2. The van der Waals surface area contributed by atoms with Gasteiger partial charge >= 0.3 is 5.97 Å². The molecule has 1 aliphatic heterocycles. The summed E-state index contributed by atoms with van der Waals surface area (Å²) in [6.07, 6.45) is 0.652. The molecule has 0 aliphatic carbocycles. The molecular weight excluding hydrogens is 450 g/mol. The zero-order chi connectivity index (χ0) is 25.1. The van der Waals surface area contributed by atoms with Gasteiger partial charge < -0.3 is 15.3 Å². The Hall–Kier alpha value is -4.18. The minimum Gasteiger partial charge on any atom is -0.478 e. The van der Waals surface area contributed by atoms with Crippen LogP contribution in [0.2, 0.25) is 0 Å². The molecule has 0 spiro atoms. The minimum absolute atomic E-state index is 0.0311. The van der Waals surface area contributed by atoms with Crippen LogP contribution in [0.25, 0.3) is 0 Å². The number of nitrogens with zero attached hydrogens (tertiary/aromatic N) is 4. The molecule has 0 radical (unpaired) electrons. The van der Waals surface area contributed by atoms with Crippen LogP contribution in [-0.2, 0) is 17.9 Å². The Morgan fingerprint density at radius 1 is 1.17 bits per heavy atom. The molecule has 1 unspecified atom stereocenters. The number of carboxylic acid groups (broad SMARTS) is 1. The van der Waals surface area contributed by atoms with Gasteiger partial charge in [-0.25, -0.2) is 9.48 Å². The number of non-ortho nitro benzene ring substituents is 1. The summed E-state index contributed by atoms with van der Waals surface area (Å²) in [5.41, 5.74) is 1.61. The molecule has 35 heavy (non-hydrogen) atoms. The number of allylic oxidation sites excluding steroid dienone is 1. The average Bonchev–Trinajstić information content (AvgIpc) is 3.13. The first kappa shape index (κ1) is 24.0. The number of benzene rings is 2. The number of carboxylic acids is 1. The molecular formula is C25H27N5O5. The number of nitro benzene ring substituents is 1. The second-order valence-corrected chi connectivity index (χ2v) is 8.64. The molecule has 10 nitrogen and oxygen atoms in total. The van der Waals surface area contributed by atoms with Crippen molar-refractivity contribution in [1.29, 1.82) is 0 Å². The number of aliphatic carboxylic acids is 1. The van der Waals surface area contributed by atoms with E-state index < -0.39 is 16.9 Å². The van der Waals surface area contributed by atoms with E-state index in [2.05, 4.69) is 22.3 Å². The van der Waals surface area contributed by atoms with E-state index in [1.54, 1.807) is 17.7 Å². The summed E-state index contributed by atoms with van der Waals surface area (Å²) in [6.45, 7) is 3.47. The third kappa shape index (κ3) is 5.02. The highest BCUT2D eigenvalue weighted by molar-refractivity contribution is 5.91. The second-order valence-electron chi connectivity index (χ2n) is 8.64. The van der Waals surface area contributed by atoms with Gasteiger partial charge in [0.25, 0.3) is 11.2 Å². The highest BCUT2D eigenvalue weighted by Gasteiger charge is 2.35. The fourth-order valence-electron chi connectivity index (χ4n) is 4.53. The summed E-state index contributed by atoms with van der Waals surface area (Å²) in [5, 5.41) is 24.4. The summed E-state index contributed by atoms with van der Waals surface area (Å²) in [7, 11) is 2.01. The van der Waals surface area contributed by atoms with E-state index in [4.69, 9.17) is 0 Å². The number of anilines is 1. The number of rotatable bonds is 9. The number of hydrogen-bond donors (Lipinski definition) is 2. The summed E-state index contributed by atoms with van der Waals surface area (Å²) >= 11 is 0. The van der Waals surface area contributed by atoms with Crippen molar-refractivity contribution in [3.05, 3.63) is 104 Å². The van der Waals surface area contributed by atoms with Gasteiger partial charge in [-0.2, -0.15) is 0 Å². The highest BCUT2D eigenvalue weighted by atomic mass is 16.6. The van der Waals surface area contributed by atoms with E-state index in [-0.39, 0.29) is 16.8 Å². The SMILES string of the molecule is CC1=C(C(=O)O)C(c2cccc([N+](=O)[O-])c2)n2c(cc(=O)n2CCCN(C)Cc2ccccc2)N1. The van der Waals surface area contributed by atoms with Crippen molar-refractivity contribution in [1.82, 2.24) is 14.3 Å². The first-order valence-electron chi connectivity index (χ1n) is 11.3. The van der Waals surface area contributed by atoms with Crippen molar-refractivity contribution in [3.8, 4) is 0 Å². The van der Waals surface area contributed by atoms with Crippen molar-refractivity contribution in [2.75, 3.05) is 18.9 Å². The van der Waals surface area contributed by atoms with Crippen LogP contribution in [0.15, 0.2) is 76.7 Å². The Balaban J connectivity index is 1.64. The minimum atomic E-state index is -1.16. The lowest BCUT2D eigenvalue weighted by atomic mass is 9.95. The van der Waals surface area contributed by atoms with Crippen LogP contribution in [0.1, 0.15) is 30.5 Å². The lowest BCUT2D eigenvalue weighted by Crippen LogP contribution is -2.34. The Labute approximate surface area is 201 Å². The van der Waals surface area contributed by atoms with Crippen molar-refractivity contribution >= 4 is 17.5 Å². The van der Waals surface area contributed by atoms with E-state index in [0.717, 1.165) is 13.1 Å². The van der Waals surface area contributed by atoms with Gasteiger partial charge in [0.2, 0.25) is 0 Å². The third-order valence-electron chi connectivity index (χ3n) is 6.09. The maximum Gasteiger partial charge on any atom is 0.335 e. The predicted molar refractivity (Wildman–Crippen MR) is 131 cm³/mol. The molecule has 0 fully saturated rings. The van der Waals surface area contributed by atoms with Gasteiger partial charge in [0.15, 0.2) is 0 Å². The van der Waals surface area contributed by atoms with Gasteiger partial charge in [-0.1, -0.05) is 42.5 Å². The standard InChI is InChI=1S/C25H27N5O5/c1-17-23(25(32)33)24(19-10-6-11-20(14-19)30(34)35)29-21(26-17)15-22(31)28(29)13-7-12-27(2)16-18-8-4-3-5-9-18/h3-6,8-11,14-15,24,26H,7,12-13,16H2,1-2H3,(H,32,33). The normalized spacial score (nSPS) is 15.1. The molecule has 0 saturated heterocycles. The lowest BCUT2D eigenvalue weighted by Gasteiger charge is -2.31. The summed E-state index contributed by atoms with van der Waals surface area (Å²) < 4.78 is 3.12. The Kier molecular flexibility index (Phi) is 6.83. The van der Waals surface area contributed by atoms with Crippen LogP contribution in [0.4, 0.5) is 11.5 Å². The fraction of sp³-hybridized carbons (Fsp3) is 0.280. The first-order chi connectivity index (χ1) is 16.8. The van der Waals surface area contributed by atoms with E-state index in [1.807, 2.05) is 25.2 Å². The van der Waals surface area contributed by atoms with Crippen molar-refractivity contribution in [2.45, 2.75) is 32.5 Å². The van der Waals surface area contributed by atoms with Crippen LogP contribution < -0.4 is 10.9 Å². The molecule has 1 aliphatic rings. The van der Waals surface area contributed by atoms with Crippen molar-refractivity contribution < 1.29 is 14.8 Å². The van der Waals surface area contributed by atoms with Crippen molar-refractivity contribution in [3.63, 3.8) is 0 Å². The summed E-state index contributed by atoms with van der Waals surface area (Å²) in [6, 6.07) is 16.5. The van der Waals surface area contributed by atoms with E-state index in [9.17, 15) is 24.8 Å². The topological polar surface area (TPSA) is 123 Å². The largest absolute Gasteiger partial charge is 0.478 e. The molecule has 182 valence electrons. The predicted octanol–water partition coefficient (Wildman–Crippen LogP) is 3.45. The van der Waals surface area contributed by atoms with E-state index in [0.29, 0.717) is 30.0 Å². The van der Waals surface area contributed by atoms with Gasteiger partial charge in [0.05, 0.1) is 10.5 Å². The van der Waals surface area contributed by atoms with Crippen molar-refractivity contribution in [2.24, 2.45) is 0 Å². The molecule has 4 rings (SSSR count). The number of carbonyl (C=O) groups is 1. The number of nitro groups is 1. The van der Waals surface area contributed by atoms with Crippen LogP contribution >= 0.6 is 0 Å². The van der Waals surface area contributed by atoms with Gasteiger partial charge in [-0.15, -0.1) is 0 Å². The maximum atomic E-state index is 12.9. The smallest absolute Gasteiger partial charge is 0.335 e. The van der Waals surface area contributed by atoms with Gasteiger partial charge in [-0.3, -0.25) is 19.6 Å². The zero-order valence-corrected chi connectivity index (χ0v) is 19.5. The van der Waals surface area contributed by atoms with Crippen LogP contribution in [0.5, 0.6) is 0 Å². The molecule has 1 aromatic heterocycles. The molecule has 2 heterocycles. The summed E-state index contributed by atoms with van der Waals surface area (Å²) in [5.74, 6) is -0.709. The lowest BCUT2D eigenvalue weighted by molar-refractivity contribution is -0.384. The summed E-state index contributed by atoms with van der Waals surface area (Å²) in [4.78, 5) is 38.2. The molecule has 2 aromatic carbocycles.